The van der Waals surface area contributed by atoms with Gasteiger partial charge in [0.15, 0.2) is 0 Å². The van der Waals surface area contributed by atoms with Crippen molar-refractivity contribution in [3.05, 3.63) is 14.1 Å². The van der Waals surface area contributed by atoms with Crippen LogP contribution in [0.1, 0.15) is 69.2 Å². The van der Waals surface area contributed by atoms with Crippen molar-refractivity contribution in [3.8, 4) is 0 Å². The molecule has 1 fully saturated rings. The van der Waals surface area contributed by atoms with Crippen LogP contribution >= 0.6 is 0 Å². The molecule has 1 heterocycles. The largest absolute Gasteiger partial charge is 0.613 e. The predicted octanol–water partition coefficient (Wildman–Crippen LogP) is 5.56. The predicted molar refractivity (Wildman–Crippen MR) is 92.7 cm³/mol. The minimum Gasteiger partial charge on any atom is -0.613 e. The normalized spacial score (nSPS) is 9.95. The van der Waals surface area contributed by atoms with Gasteiger partial charge in [-0.1, -0.05) is 69.9 Å². The Hall–Kier alpha value is 1.02. The maximum Gasteiger partial charge on any atom is 0 e. The third-order valence-electron chi connectivity index (χ3n) is 1.08. The first-order valence-corrected chi connectivity index (χ1v) is 7.16. The Kier molecular flexibility index (Phi) is 138. The molecule has 0 aliphatic carbocycles. The van der Waals surface area contributed by atoms with E-state index in [4.69, 9.17) is 0 Å². The summed E-state index contributed by atoms with van der Waals surface area (Å²) in [5.41, 5.74) is 0. The molecule has 0 spiro atoms. The molecule has 1 aliphatic rings. The van der Waals surface area contributed by atoms with E-state index in [9.17, 15) is 0 Å². The van der Waals surface area contributed by atoms with E-state index < -0.39 is 0 Å². The van der Waals surface area contributed by atoms with E-state index in [0.29, 0.717) is 0 Å². The number of rotatable bonds is 0. The molecule has 0 aromatic heterocycles. The average molecular weight is 353 g/mol. The summed E-state index contributed by atoms with van der Waals surface area (Å²) < 4.78 is 0. The van der Waals surface area contributed by atoms with E-state index >= 15 is 0 Å². The van der Waals surface area contributed by atoms with Crippen molar-refractivity contribution in [3.63, 3.8) is 0 Å². The van der Waals surface area contributed by atoms with Crippen LogP contribution in [0.15, 0.2) is 0 Å². The third kappa shape index (κ3) is 112. The Morgan fingerprint density at radius 3 is 0.895 bits per heavy atom. The molecule has 0 saturated carbocycles. The van der Waals surface area contributed by atoms with E-state index in [1.165, 1.54) is 24.4 Å². The first-order chi connectivity index (χ1) is 8.13. The summed E-state index contributed by atoms with van der Waals surface area (Å²) in [6, 6.07) is 0. The van der Waals surface area contributed by atoms with Crippen molar-refractivity contribution in [1.29, 1.82) is 0 Å². The molecular weight excluding hydrogens is 309 g/mol. The molecule has 2 nitrogen and oxygen atoms in total. The number of hydrogen-bond donors (Lipinski definition) is 0. The van der Waals surface area contributed by atoms with Gasteiger partial charge in [0, 0.05) is 32.7 Å². The van der Waals surface area contributed by atoms with E-state index in [1.54, 1.807) is 7.05 Å². The van der Waals surface area contributed by atoms with Crippen molar-refractivity contribution in [2.24, 2.45) is 0 Å². The Balaban J connectivity index is -0.0000000190. The zero-order valence-electron chi connectivity index (χ0n) is 15.0. The van der Waals surface area contributed by atoms with Crippen molar-refractivity contribution >= 4 is 0 Å². The maximum atomic E-state index is 3.36. The van der Waals surface area contributed by atoms with Gasteiger partial charge in [0.05, 0.1) is 0 Å². The molecule has 3 heteroatoms. The van der Waals surface area contributed by atoms with Crippen LogP contribution in [0.5, 0.6) is 0 Å². The second kappa shape index (κ2) is 61.5. The van der Waals surface area contributed by atoms with Crippen LogP contribution in [0.4, 0.5) is 0 Å². The number of likely N-dealkylation sites (tertiary alicyclic amines) is 1. The summed E-state index contributed by atoms with van der Waals surface area (Å²) in [4.78, 5) is 3.81. The van der Waals surface area contributed by atoms with Crippen LogP contribution < -0.4 is 0 Å². The van der Waals surface area contributed by atoms with Crippen LogP contribution in [0.3, 0.4) is 0 Å². The Bertz CT molecular complexity index is 63.0. The van der Waals surface area contributed by atoms with E-state index in [2.05, 4.69) is 26.0 Å². The monoisotopic (exact) mass is 353 g/mol. The fraction of sp³-hybridized carbons (Fsp3) is 0.875. The minimum absolute atomic E-state index is 0. The van der Waals surface area contributed by atoms with Crippen LogP contribution in [-0.2, 0) is 32.7 Å². The maximum absolute atomic E-state index is 3.36. The van der Waals surface area contributed by atoms with Gasteiger partial charge in [0.25, 0.3) is 0 Å². The zero-order valence-corrected chi connectivity index (χ0v) is 17.8. The number of nitrogens with zero attached hydrogens (tertiary/aromatic N) is 2. The molecule has 0 N–H and O–H groups in total. The summed E-state index contributed by atoms with van der Waals surface area (Å²) in [6.45, 7) is 18.6. The summed E-state index contributed by atoms with van der Waals surface area (Å²) >= 11 is 0. The molecule has 0 atom stereocenters. The van der Waals surface area contributed by atoms with Crippen molar-refractivity contribution in [2.45, 2.75) is 69.2 Å². The van der Waals surface area contributed by atoms with Crippen molar-refractivity contribution in [1.82, 2.24) is 9.80 Å². The molecule has 1 radical (unpaired) electrons. The Morgan fingerprint density at radius 2 is 0.895 bits per heavy atom. The molecule has 0 bridgehead atoms. The molecule has 0 amide bonds. The van der Waals surface area contributed by atoms with Crippen LogP contribution in [0.25, 0.3) is 0 Å². The fourth-order valence-corrected chi connectivity index (χ4v) is 0.474. The molecule has 1 saturated heterocycles. The quantitative estimate of drug-likeness (QED) is 0.526. The molecule has 123 valence electrons. The van der Waals surface area contributed by atoms with Gasteiger partial charge in [-0.2, -0.15) is 0 Å². The van der Waals surface area contributed by atoms with E-state index in [1.807, 2.05) is 55.4 Å². The van der Waals surface area contributed by atoms with Crippen LogP contribution in [0.2, 0.25) is 0 Å². The Labute approximate surface area is 152 Å². The average Bonchev–Trinajstić information content (AvgIpc) is 2.36. The minimum atomic E-state index is 0. The molecule has 1 rings (SSSR count). The summed E-state index contributed by atoms with van der Waals surface area (Å²) in [5, 5.41) is 0. The smallest absolute Gasteiger partial charge is 0 e. The zero-order chi connectivity index (χ0) is 15.3. The third-order valence-corrected chi connectivity index (χ3v) is 1.08. The molecule has 0 unspecified atom stereocenters. The molecular formula is C16H44N2Y-2. The van der Waals surface area contributed by atoms with Gasteiger partial charge in [-0.25, -0.2) is 0 Å². The first kappa shape index (κ1) is 42.7. The van der Waals surface area contributed by atoms with Crippen LogP contribution in [0, 0.1) is 14.1 Å². The van der Waals surface area contributed by atoms with Gasteiger partial charge >= 0.3 is 0 Å². The molecule has 0 aromatic rings. The van der Waals surface area contributed by atoms with Crippen LogP contribution in [-0.4, -0.2) is 37.0 Å². The molecule has 1 aliphatic heterocycles. The second-order valence-corrected chi connectivity index (χ2v) is 2.51. The van der Waals surface area contributed by atoms with Crippen molar-refractivity contribution in [2.75, 3.05) is 27.2 Å². The van der Waals surface area contributed by atoms with Crippen molar-refractivity contribution < 1.29 is 32.7 Å². The number of hydrogen-bond acceptors (Lipinski definition) is 2. The fourth-order valence-electron chi connectivity index (χ4n) is 0.474. The topological polar surface area (TPSA) is 6.48 Å². The van der Waals surface area contributed by atoms with Gasteiger partial charge in [0.2, 0.25) is 0 Å². The van der Waals surface area contributed by atoms with Gasteiger partial charge in [-0.15, -0.1) is 0 Å². The standard InChI is InChI=1S/C4H9N.C3H7N.4C2H6.CH4.Y/c1-5-3-2-4-5;1-4(2)3;4*1-2;;/h2-4H2,1H3;1-2H2,3H3;4*1-2H3;1H4;/q;-2;;;;;;. The van der Waals surface area contributed by atoms with Gasteiger partial charge in [-0.05, 0) is 26.6 Å². The van der Waals surface area contributed by atoms with Gasteiger partial charge in [-0.3, -0.25) is 0 Å². The second-order valence-electron chi connectivity index (χ2n) is 2.51. The van der Waals surface area contributed by atoms with Gasteiger partial charge in [0.1, 0.15) is 0 Å². The summed E-state index contributed by atoms with van der Waals surface area (Å²) in [5.74, 6) is 0. The SMILES string of the molecule is C.CC.CC.CC.CC.CN1CCC1.[CH2-]N([CH2-])C.[Y]. The van der Waals surface area contributed by atoms with E-state index in [-0.39, 0.29) is 40.1 Å². The van der Waals surface area contributed by atoms with Gasteiger partial charge < -0.3 is 23.9 Å². The van der Waals surface area contributed by atoms with E-state index in [0.717, 1.165) is 0 Å². The molecule has 19 heavy (non-hydrogen) atoms. The Morgan fingerprint density at radius 1 is 0.789 bits per heavy atom. The first-order valence-electron chi connectivity index (χ1n) is 7.16. The summed E-state index contributed by atoms with van der Waals surface area (Å²) in [6.07, 6.45) is 1.41. The summed E-state index contributed by atoms with van der Waals surface area (Å²) in [7, 11) is 10.6. The molecule has 0 aromatic carbocycles.